The van der Waals surface area contributed by atoms with Crippen LogP contribution < -0.4 is 4.74 Å². The molecule has 0 bridgehead atoms. The van der Waals surface area contributed by atoms with Gasteiger partial charge in [-0.25, -0.2) is 0 Å². The van der Waals surface area contributed by atoms with Gasteiger partial charge in [-0.05, 0) is 29.9 Å². The lowest BCUT2D eigenvalue weighted by Crippen LogP contribution is -2.22. The Balaban J connectivity index is 2.02. The maximum Gasteiger partial charge on any atom is 0.119 e. The van der Waals surface area contributed by atoms with E-state index in [1.165, 1.54) is 5.75 Å². The third-order valence-electron chi connectivity index (χ3n) is 3.22. The van der Waals surface area contributed by atoms with Crippen LogP contribution in [0.15, 0.2) is 24.3 Å². The average molecular weight is 252 g/mol. The Morgan fingerprint density at radius 3 is 2.59 bits per heavy atom. The fourth-order valence-corrected chi connectivity index (χ4v) is 2.97. The first kappa shape index (κ1) is 12.8. The third kappa shape index (κ3) is 3.17. The Morgan fingerprint density at radius 2 is 2.06 bits per heavy atom. The maximum absolute atomic E-state index is 9.31. The first-order chi connectivity index (χ1) is 8.12. The Morgan fingerprint density at radius 1 is 1.35 bits per heavy atom. The van der Waals surface area contributed by atoms with Crippen LogP contribution in [0, 0.1) is 0 Å². The molecule has 0 radical (unpaired) electrons. The maximum atomic E-state index is 9.31. The summed E-state index contributed by atoms with van der Waals surface area (Å²) in [5, 5.41) is 9.31. The van der Waals surface area contributed by atoms with Gasteiger partial charge in [0.25, 0.3) is 0 Å². The Hall–Kier alpha value is -0.670. The van der Waals surface area contributed by atoms with E-state index < -0.39 is 0 Å². The molecule has 0 aromatic heterocycles. The molecule has 1 fully saturated rings. The number of hydrogen-bond acceptors (Lipinski definition) is 3. The van der Waals surface area contributed by atoms with E-state index in [-0.39, 0.29) is 12.0 Å². The summed E-state index contributed by atoms with van der Waals surface area (Å²) in [6, 6.07) is 8.12. The molecule has 17 heavy (non-hydrogen) atoms. The van der Waals surface area contributed by atoms with Gasteiger partial charge in [-0.1, -0.05) is 26.0 Å². The second-order valence-corrected chi connectivity index (χ2v) is 6.32. The van der Waals surface area contributed by atoms with Crippen molar-refractivity contribution in [3.63, 3.8) is 0 Å². The molecular weight excluding hydrogens is 232 g/mol. The molecule has 1 unspecified atom stereocenters. The van der Waals surface area contributed by atoms with Crippen LogP contribution in [0.25, 0.3) is 0 Å². The lowest BCUT2D eigenvalue weighted by atomic mass is 9.86. The molecule has 2 nitrogen and oxygen atoms in total. The van der Waals surface area contributed by atoms with E-state index in [9.17, 15) is 5.11 Å². The zero-order valence-corrected chi connectivity index (χ0v) is 11.3. The summed E-state index contributed by atoms with van der Waals surface area (Å²) < 4.78 is 5.89. The predicted octanol–water partition coefficient (Wildman–Crippen LogP) is 2.84. The molecule has 1 aromatic rings. The van der Waals surface area contributed by atoms with Crippen molar-refractivity contribution < 1.29 is 9.84 Å². The van der Waals surface area contributed by atoms with Crippen molar-refractivity contribution in [2.45, 2.75) is 31.8 Å². The number of ether oxygens (including phenoxy) is 1. The van der Waals surface area contributed by atoms with Crippen LogP contribution in [0.4, 0.5) is 0 Å². The van der Waals surface area contributed by atoms with Gasteiger partial charge < -0.3 is 9.84 Å². The Bertz CT molecular complexity index is 353. The first-order valence-corrected chi connectivity index (χ1v) is 7.23. The quantitative estimate of drug-likeness (QED) is 0.893. The standard InChI is InChI=1S/C14H20O2S/c1-14(2,10-15)11-3-5-12(6-4-11)16-13-7-8-17-9-13/h3-6,13,15H,7-10H2,1-2H3. The molecule has 1 saturated heterocycles. The number of thioether (sulfide) groups is 1. The van der Waals surface area contributed by atoms with E-state index in [2.05, 4.69) is 0 Å². The molecule has 1 aliphatic heterocycles. The minimum absolute atomic E-state index is 0.159. The molecule has 0 saturated carbocycles. The summed E-state index contributed by atoms with van der Waals surface area (Å²) in [7, 11) is 0. The van der Waals surface area contributed by atoms with Crippen molar-refractivity contribution in [1.82, 2.24) is 0 Å². The highest BCUT2D eigenvalue weighted by Crippen LogP contribution is 2.27. The molecule has 1 heterocycles. The first-order valence-electron chi connectivity index (χ1n) is 6.07. The summed E-state index contributed by atoms with van der Waals surface area (Å²) in [6.07, 6.45) is 1.52. The number of hydrogen-bond donors (Lipinski definition) is 1. The lowest BCUT2D eigenvalue weighted by Gasteiger charge is -2.22. The highest BCUT2D eigenvalue weighted by molar-refractivity contribution is 7.99. The monoisotopic (exact) mass is 252 g/mol. The Labute approximate surface area is 107 Å². The van der Waals surface area contributed by atoms with Crippen molar-refractivity contribution in [2.24, 2.45) is 0 Å². The summed E-state index contributed by atoms with van der Waals surface area (Å²) in [6.45, 7) is 4.24. The molecule has 0 spiro atoms. The zero-order chi connectivity index (χ0) is 12.3. The van der Waals surface area contributed by atoms with Gasteiger partial charge in [0.05, 0.1) is 6.61 Å². The number of aliphatic hydroxyl groups excluding tert-OH is 1. The van der Waals surface area contributed by atoms with Crippen LogP contribution >= 0.6 is 11.8 Å². The smallest absolute Gasteiger partial charge is 0.119 e. The van der Waals surface area contributed by atoms with Gasteiger partial charge in [0.15, 0.2) is 0 Å². The molecule has 1 atom stereocenters. The van der Waals surface area contributed by atoms with Crippen LogP contribution in [0.2, 0.25) is 0 Å². The minimum Gasteiger partial charge on any atom is -0.490 e. The molecular formula is C14H20O2S. The molecule has 3 heteroatoms. The second-order valence-electron chi connectivity index (χ2n) is 5.17. The molecule has 1 N–H and O–H groups in total. The van der Waals surface area contributed by atoms with Crippen molar-refractivity contribution in [2.75, 3.05) is 18.1 Å². The average Bonchev–Trinajstić information content (AvgIpc) is 2.83. The molecule has 0 amide bonds. The summed E-state index contributed by atoms with van der Waals surface area (Å²) in [4.78, 5) is 0. The van der Waals surface area contributed by atoms with Crippen LogP contribution in [0.1, 0.15) is 25.8 Å². The summed E-state index contributed by atoms with van der Waals surface area (Å²) >= 11 is 1.95. The van der Waals surface area contributed by atoms with E-state index in [0.29, 0.717) is 6.10 Å². The van der Waals surface area contributed by atoms with Crippen molar-refractivity contribution in [1.29, 1.82) is 0 Å². The van der Waals surface area contributed by atoms with E-state index >= 15 is 0 Å². The van der Waals surface area contributed by atoms with Crippen LogP contribution in [-0.2, 0) is 5.41 Å². The van der Waals surface area contributed by atoms with Gasteiger partial charge in [-0.2, -0.15) is 11.8 Å². The number of aliphatic hydroxyl groups is 1. The SMILES string of the molecule is CC(C)(CO)c1ccc(OC2CCSC2)cc1. The summed E-state index contributed by atoms with van der Waals surface area (Å²) in [5.74, 6) is 3.25. The van der Waals surface area contributed by atoms with Crippen LogP contribution in [-0.4, -0.2) is 29.3 Å². The van der Waals surface area contributed by atoms with E-state index in [1.54, 1.807) is 0 Å². The lowest BCUT2D eigenvalue weighted by molar-refractivity contribution is 0.217. The minimum atomic E-state index is -0.179. The molecule has 0 aliphatic carbocycles. The van der Waals surface area contributed by atoms with E-state index in [0.717, 1.165) is 23.5 Å². The molecule has 94 valence electrons. The van der Waals surface area contributed by atoms with Gasteiger partial charge in [0.1, 0.15) is 11.9 Å². The second kappa shape index (κ2) is 5.32. The normalized spacial score (nSPS) is 20.5. The zero-order valence-electron chi connectivity index (χ0n) is 10.5. The van der Waals surface area contributed by atoms with Crippen molar-refractivity contribution >= 4 is 11.8 Å². The molecule has 2 rings (SSSR count). The van der Waals surface area contributed by atoms with Crippen molar-refractivity contribution in [3.05, 3.63) is 29.8 Å². The van der Waals surface area contributed by atoms with Gasteiger partial charge >= 0.3 is 0 Å². The topological polar surface area (TPSA) is 29.5 Å². The highest BCUT2D eigenvalue weighted by Gasteiger charge is 2.20. The molecule has 1 aliphatic rings. The fourth-order valence-electron chi connectivity index (χ4n) is 1.87. The fraction of sp³-hybridized carbons (Fsp3) is 0.571. The predicted molar refractivity (Wildman–Crippen MR) is 72.9 cm³/mol. The van der Waals surface area contributed by atoms with E-state index in [4.69, 9.17) is 4.74 Å². The number of rotatable bonds is 4. The van der Waals surface area contributed by atoms with E-state index in [1.807, 2.05) is 49.9 Å². The van der Waals surface area contributed by atoms with Crippen molar-refractivity contribution in [3.8, 4) is 5.75 Å². The number of benzene rings is 1. The third-order valence-corrected chi connectivity index (χ3v) is 4.35. The molecule has 1 aromatic carbocycles. The largest absolute Gasteiger partial charge is 0.490 e. The van der Waals surface area contributed by atoms with Gasteiger partial charge in [0.2, 0.25) is 0 Å². The van der Waals surface area contributed by atoms with Crippen LogP contribution in [0.5, 0.6) is 5.75 Å². The summed E-state index contributed by atoms with van der Waals surface area (Å²) in [5.41, 5.74) is 0.968. The van der Waals surface area contributed by atoms with Gasteiger partial charge in [-0.15, -0.1) is 0 Å². The van der Waals surface area contributed by atoms with Gasteiger partial charge in [0, 0.05) is 11.2 Å². The highest BCUT2D eigenvalue weighted by atomic mass is 32.2. The van der Waals surface area contributed by atoms with Gasteiger partial charge in [-0.3, -0.25) is 0 Å². The van der Waals surface area contributed by atoms with Crippen LogP contribution in [0.3, 0.4) is 0 Å². The Kier molecular flexibility index (Phi) is 4.00.